The van der Waals surface area contributed by atoms with Gasteiger partial charge in [0.1, 0.15) is 6.61 Å². The predicted octanol–water partition coefficient (Wildman–Crippen LogP) is 18.0. The van der Waals surface area contributed by atoms with Crippen LogP contribution in [0.15, 0.2) is 24.3 Å². The largest absolute Gasteiger partial charge is 0.462 e. The lowest BCUT2D eigenvalue weighted by molar-refractivity contribution is -0.163. The second-order valence-electron chi connectivity index (χ2n) is 18.1. The Kier molecular flexibility index (Phi) is 50.3. The molecule has 0 aromatic rings. The van der Waals surface area contributed by atoms with Crippen molar-refractivity contribution in [2.24, 2.45) is 0 Å². The molecule has 354 valence electrons. The molecular weight excluding hydrogens is 741 g/mol. The third-order valence-corrected chi connectivity index (χ3v) is 12.0. The predicted molar refractivity (Wildman–Crippen MR) is 261 cm³/mol. The highest BCUT2D eigenvalue weighted by atomic mass is 16.6. The molecule has 0 aliphatic heterocycles. The van der Waals surface area contributed by atoms with Crippen LogP contribution in [0.3, 0.4) is 0 Å². The van der Waals surface area contributed by atoms with Crippen molar-refractivity contribution in [1.29, 1.82) is 0 Å². The summed E-state index contributed by atoms with van der Waals surface area (Å²) in [5.74, 6) is -0.396. The maximum absolute atomic E-state index is 12.8. The molecule has 0 spiro atoms. The molecule has 1 atom stereocenters. The summed E-state index contributed by atoms with van der Waals surface area (Å²) in [7, 11) is 0. The summed E-state index contributed by atoms with van der Waals surface area (Å²) in [6.07, 6.45) is 60.4. The first-order valence-electron chi connectivity index (χ1n) is 26.9. The summed E-state index contributed by atoms with van der Waals surface area (Å²) in [5, 5.41) is 0. The number of hydrogen-bond acceptors (Lipinski definition) is 5. The van der Waals surface area contributed by atoms with Crippen LogP contribution in [0, 0.1) is 0 Å². The Labute approximate surface area is 375 Å². The van der Waals surface area contributed by atoms with E-state index in [4.69, 9.17) is 14.2 Å². The molecule has 0 unspecified atom stereocenters. The van der Waals surface area contributed by atoms with Crippen LogP contribution < -0.4 is 0 Å². The van der Waals surface area contributed by atoms with E-state index in [1.54, 1.807) is 0 Å². The molecule has 0 N–H and O–H groups in total. The quantitative estimate of drug-likeness (QED) is 0.0347. The topological polar surface area (TPSA) is 61.8 Å². The molecule has 0 radical (unpaired) electrons. The van der Waals surface area contributed by atoms with E-state index in [1.165, 1.54) is 212 Å². The van der Waals surface area contributed by atoms with Gasteiger partial charge in [0.2, 0.25) is 0 Å². The van der Waals surface area contributed by atoms with Crippen molar-refractivity contribution in [1.82, 2.24) is 0 Å². The van der Waals surface area contributed by atoms with E-state index in [0.717, 1.165) is 44.9 Å². The summed E-state index contributed by atoms with van der Waals surface area (Å²) in [5.41, 5.74) is 0. The van der Waals surface area contributed by atoms with E-state index in [2.05, 4.69) is 45.1 Å². The molecule has 0 fully saturated rings. The van der Waals surface area contributed by atoms with E-state index in [0.29, 0.717) is 26.1 Å². The molecule has 5 nitrogen and oxygen atoms in total. The fourth-order valence-electron chi connectivity index (χ4n) is 7.90. The SMILES string of the molecule is CCCC/C=C\CCCCCCCC(=O)O[C@H](COCCCCCCCCCCCCCCCCCC)COC(=O)CCCCCCCCC/C=C\CCCCCCCC. The Bertz CT molecular complexity index is 913. The van der Waals surface area contributed by atoms with Crippen LogP contribution >= 0.6 is 0 Å². The van der Waals surface area contributed by atoms with Crippen molar-refractivity contribution in [3.05, 3.63) is 24.3 Å². The summed E-state index contributed by atoms with van der Waals surface area (Å²) < 4.78 is 17.4. The van der Waals surface area contributed by atoms with E-state index in [-0.39, 0.29) is 18.5 Å². The average molecular weight is 845 g/mol. The molecule has 0 aromatic heterocycles. The maximum atomic E-state index is 12.8. The maximum Gasteiger partial charge on any atom is 0.306 e. The number of carbonyl (C=O) groups excluding carboxylic acids is 2. The van der Waals surface area contributed by atoms with Gasteiger partial charge in [0, 0.05) is 19.4 Å². The van der Waals surface area contributed by atoms with E-state index < -0.39 is 6.10 Å². The smallest absolute Gasteiger partial charge is 0.306 e. The van der Waals surface area contributed by atoms with Crippen molar-refractivity contribution in [2.75, 3.05) is 19.8 Å². The summed E-state index contributed by atoms with van der Waals surface area (Å²) >= 11 is 0. The third kappa shape index (κ3) is 49.0. The molecule has 0 aliphatic carbocycles. The second kappa shape index (κ2) is 51.7. The molecule has 0 amide bonds. The Hall–Kier alpha value is -1.62. The Balaban J connectivity index is 4.19. The number of esters is 2. The van der Waals surface area contributed by atoms with Crippen LogP contribution in [0.5, 0.6) is 0 Å². The van der Waals surface area contributed by atoms with E-state index >= 15 is 0 Å². The van der Waals surface area contributed by atoms with Gasteiger partial charge in [0.15, 0.2) is 6.10 Å². The van der Waals surface area contributed by atoms with Gasteiger partial charge in [-0.15, -0.1) is 0 Å². The minimum absolute atomic E-state index is 0.0860. The summed E-state index contributed by atoms with van der Waals surface area (Å²) in [6, 6.07) is 0. The highest BCUT2D eigenvalue weighted by molar-refractivity contribution is 5.70. The summed E-state index contributed by atoms with van der Waals surface area (Å²) in [6.45, 7) is 7.83. The number of carbonyl (C=O) groups is 2. The zero-order valence-corrected chi connectivity index (χ0v) is 40.7. The van der Waals surface area contributed by atoms with Crippen LogP contribution in [-0.4, -0.2) is 37.9 Å². The number of rotatable bonds is 50. The van der Waals surface area contributed by atoms with Crippen molar-refractivity contribution in [2.45, 2.75) is 297 Å². The first kappa shape index (κ1) is 58.4. The van der Waals surface area contributed by atoms with Gasteiger partial charge in [-0.25, -0.2) is 0 Å². The van der Waals surface area contributed by atoms with Gasteiger partial charge in [0.05, 0.1) is 6.61 Å². The van der Waals surface area contributed by atoms with E-state index in [9.17, 15) is 9.59 Å². The van der Waals surface area contributed by atoms with Crippen molar-refractivity contribution in [3.8, 4) is 0 Å². The van der Waals surface area contributed by atoms with Gasteiger partial charge in [-0.2, -0.15) is 0 Å². The van der Waals surface area contributed by atoms with Gasteiger partial charge < -0.3 is 14.2 Å². The minimum atomic E-state index is -0.535. The molecule has 0 aromatic carbocycles. The van der Waals surface area contributed by atoms with Crippen LogP contribution in [0.25, 0.3) is 0 Å². The van der Waals surface area contributed by atoms with Gasteiger partial charge in [0.25, 0.3) is 0 Å². The lowest BCUT2D eigenvalue weighted by Gasteiger charge is -2.18. The molecule has 5 heteroatoms. The van der Waals surface area contributed by atoms with Crippen molar-refractivity contribution >= 4 is 11.9 Å². The van der Waals surface area contributed by atoms with E-state index in [1.807, 2.05) is 0 Å². The number of allylic oxidation sites excluding steroid dienone is 4. The molecule has 0 heterocycles. The van der Waals surface area contributed by atoms with Crippen LogP contribution in [0.4, 0.5) is 0 Å². The minimum Gasteiger partial charge on any atom is -0.462 e. The standard InChI is InChI=1S/C55H104O5/c1-4-7-10-13-16-19-22-24-26-28-29-31-34-36-39-42-45-48-54(56)59-52-53(60-55(57)49-46-43-40-37-33-21-18-15-12-9-6-3)51-58-50-47-44-41-38-35-32-30-27-25-23-20-17-14-11-8-5-2/h15,18,24,26,53H,4-14,16-17,19-23,25,27-52H2,1-3H3/b18-15-,26-24-/t53-/m1/s1. The normalized spacial score (nSPS) is 12.2. The zero-order chi connectivity index (χ0) is 43.5. The first-order valence-corrected chi connectivity index (χ1v) is 26.9. The molecule has 0 saturated carbocycles. The monoisotopic (exact) mass is 845 g/mol. The van der Waals surface area contributed by atoms with Gasteiger partial charge in [-0.1, -0.05) is 238 Å². The van der Waals surface area contributed by atoms with Gasteiger partial charge in [-0.05, 0) is 64.2 Å². The third-order valence-electron chi connectivity index (χ3n) is 12.0. The molecule has 0 bridgehead atoms. The Morgan fingerprint density at radius 2 is 0.667 bits per heavy atom. The van der Waals surface area contributed by atoms with Gasteiger partial charge >= 0.3 is 11.9 Å². The van der Waals surface area contributed by atoms with Crippen LogP contribution in [0.2, 0.25) is 0 Å². The molecule has 0 rings (SSSR count). The lowest BCUT2D eigenvalue weighted by Crippen LogP contribution is -2.30. The van der Waals surface area contributed by atoms with Crippen LogP contribution in [-0.2, 0) is 23.8 Å². The second-order valence-corrected chi connectivity index (χ2v) is 18.1. The first-order chi connectivity index (χ1) is 29.6. The van der Waals surface area contributed by atoms with Crippen molar-refractivity contribution < 1.29 is 23.8 Å². The fourth-order valence-corrected chi connectivity index (χ4v) is 7.90. The fraction of sp³-hybridized carbons (Fsp3) is 0.891. The van der Waals surface area contributed by atoms with Crippen LogP contribution in [0.1, 0.15) is 290 Å². The summed E-state index contributed by atoms with van der Waals surface area (Å²) in [4.78, 5) is 25.4. The van der Waals surface area contributed by atoms with Crippen molar-refractivity contribution in [3.63, 3.8) is 0 Å². The highest BCUT2D eigenvalue weighted by Crippen LogP contribution is 2.16. The Morgan fingerprint density at radius 3 is 1.07 bits per heavy atom. The lowest BCUT2D eigenvalue weighted by atomic mass is 10.0. The number of unbranched alkanes of at least 4 members (excludes halogenated alkanes) is 35. The van der Waals surface area contributed by atoms with Gasteiger partial charge in [-0.3, -0.25) is 9.59 Å². The Morgan fingerprint density at radius 1 is 0.350 bits per heavy atom. The molecule has 60 heavy (non-hydrogen) atoms. The average Bonchev–Trinajstić information content (AvgIpc) is 3.25. The number of ether oxygens (including phenoxy) is 3. The zero-order valence-electron chi connectivity index (χ0n) is 40.7. The highest BCUT2D eigenvalue weighted by Gasteiger charge is 2.17. The molecule has 0 aliphatic rings. The molecule has 0 saturated heterocycles. The molecular formula is C55H104O5. The number of hydrogen-bond donors (Lipinski definition) is 0.